The fourth-order valence-electron chi connectivity index (χ4n) is 1.79. The Kier molecular flexibility index (Phi) is 4.57. The zero-order valence-electron chi connectivity index (χ0n) is 11.2. The zero-order chi connectivity index (χ0) is 14.8. The number of pyridine rings is 1. The molecule has 1 aromatic carbocycles. The maximum Gasteiger partial charge on any atom is 0.243 e. The quantitative estimate of drug-likeness (QED) is 0.847. The van der Waals surface area contributed by atoms with Crippen LogP contribution in [0.2, 0.25) is 0 Å². The molecule has 106 valence electrons. The smallest absolute Gasteiger partial charge is 0.243 e. The van der Waals surface area contributed by atoms with Crippen LogP contribution in [0.4, 0.5) is 0 Å². The Bertz CT molecular complexity index is 699. The lowest BCUT2D eigenvalue weighted by Crippen LogP contribution is -2.26. The van der Waals surface area contributed by atoms with Gasteiger partial charge >= 0.3 is 0 Å². The summed E-state index contributed by atoms with van der Waals surface area (Å²) in [6.45, 7) is 2.13. The van der Waals surface area contributed by atoms with Crippen LogP contribution in [-0.2, 0) is 16.6 Å². The highest BCUT2D eigenvalue weighted by atomic mass is 79.9. The Labute approximate surface area is 127 Å². The summed E-state index contributed by atoms with van der Waals surface area (Å²) in [6, 6.07) is 12.2. The molecule has 20 heavy (non-hydrogen) atoms. The van der Waals surface area contributed by atoms with Gasteiger partial charge in [-0.05, 0) is 43.3 Å². The second-order valence-electron chi connectivity index (χ2n) is 4.49. The zero-order valence-corrected chi connectivity index (χ0v) is 13.6. The fraction of sp³-hybridized carbons (Fsp3) is 0.214. The van der Waals surface area contributed by atoms with Crippen molar-refractivity contribution in [3.05, 3.63) is 58.3 Å². The second-order valence-corrected chi connectivity index (χ2v) is 7.45. The molecule has 0 radical (unpaired) electrons. The first-order valence-electron chi connectivity index (χ1n) is 6.04. The molecule has 0 N–H and O–H groups in total. The van der Waals surface area contributed by atoms with Crippen molar-refractivity contribution < 1.29 is 8.42 Å². The van der Waals surface area contributed by atoms with E-state index in [1.54, 1.807) is 31.3 Å². The third-order valence-corrected chi connectivity index (χ3v) is 5.20. The molecule has 6 heteroatoms. The van der Waals surface area contributed by atoms with Gasteiger partial charge in [0.1, 0.15) is 0 Å². The Morgan fingerprint density at radius 2 is 1.80 bits per heavy atom. The van der Waals surface area contributed by atoms with Gasteiger partial charge in [-0.25, -0.2) is 8.42 Å². The highest BCUT2D eigenvalue weighted by Crippen LogP contribution is 2.19. The molecule has 4 nitrogen and oxygen atoms in total. The number of rotatable bonds is 4. The molecule has 2 aromatic rings. The minimum absolute atomic E-state index is 0.250. The predicted octanol–water partition coefficient (Wildman–Crippen LogP) is 2.97. The van der Waals surface area contributed by atoms with E-state index in [0.717, 1.165) is 15.9 Å². The summed E-state index contributed by atoms with van der Waals surface area (Å²) >= 11 is 3.29. The van der Waals surface area contributed by atoms with Gasteiger partial charge in [0.05, 0.1) is 17.1 Å². The second kappa shape index (κ2) is 6.03. The van der Waals surface area contributed by atoms with Gasteiger partial charge in [-0.3, -0.25) is 4.98 Å². The van der Waals surface area contributed by atoms with Gasteiger partial charge in [0.15, 0.2) is 0 Å². The Hall–Kier alpha value is -1.24. The molecule has 1 aromatic heterocycles. The lowest BCUT2D eigenvalue weighted by atomic mass is 10.3. The van der Waals surface area contributed by atoms with E-state index < -0.39 is 10.0 Å². The first-order chi connectivity index (χ1) is 9.39. The lowest BCUT2D eigenvalue weighted by molar-refractivity contribution is 0.462. The van der Waals surface area contributed by atoms with Gasteiger partial charge in [0, 0.05) is 17.2 Å². The molecular weight excluding hydrogens is 340 g/mol. The molecule has 0 saturated carbocycles. The molecule has 0 atom stereocenters. The molecule has 0 bridgehead atoms. The monoisotopic (exact) mass is 354 g/mol. The van der Waals surface area contributed by atoms with E-state index in [2.05, 4.69) is 20.9 Å². The maximum atomic E-state index is 12.4. The molecule has 0 amide bonds. The minimum atomic E-state index is -3.49. The summed E-state index contributed by atoms with van der Waals surface area (Å²) < 4.78 is 27.0. The van der Waals surface area contributed by atoms with Gasteiger partial charge in [-0.2, -0.15) is 4.31 Å². The summed E-state index contributed by atoms with van der Waals surface area (Å²) in [7, 11) is -1.94. The van der Waals surface area contributed by atoms with Crippen LogP contribution in [0.1, 0.15) is 11.4 Å². The molecule has 0 aliphatic rings. The predicted molar refractivity (Wildman–Crippen MR) is 81.8 cm³/mol. The molecule has 0 unspecified atom stereocenters. The Morgan fingerprint density at radius 3 is 2.40 bits per heavy atom. The molecule has 0 spiro atoms. The average Bonchev–Trinajstić information content (AvgIpc) is 2.39. The third kappa shape index (κ3) is 3.45. The highest BCUT2D eigenvalue weighted by Gasteiger charge is 2.21. The third-order valence-electron chi connectivity index (χ3n) is 2.85. The molecule has 0 aliphatic carbocycles. The van der Waals surface area contributed by atoms with E-state index in [9.17, 15) is 8.42 Å². The number of benzene rings is 1. The number of hydrogen-bond acceptors (Lipinski definition) is 3. The Morgan fingerprint density at radius 1 is 1.15 bits per heavy atom. The van der Waals surface area contributed by atoms with Crippen LogP contribution in [0.3, 0.4) is 0 Å². The van der Waals surface area contributed by atoms with Gasteiger partial charge < -0.3 is 0 Å². The average molecular weight is 355 g/mol. The van der Waals surface area contributed by atoms with E-state index in [1.165, 1.54) is 4.31 Å². The topological polar surface area (TPSA) is 50.3 Å². The summed E-state index contributed by atoms with van der Waals surface area (Å²) in [6.07, 6.45) is 0. The van der Waals surface area contributed by atoms with E-state index in [-0.39, 0.29) is 11.4 Å². The summed E-state index contributed by atoms with van der Waals surface area (Å²) in [5.41, 5.74) is 1.60. The number of hydrogen-bond donors (Lipinski definition) is 0. The van der Waals surface area contributed by atoms with Crippen LogP contribution in [0, 0.1) is 6.92 Å². The fourth-order valence-corrected chi connectivity index (χ4v) is 3.19. The van der Waals surface area contributed by atoms with E-state index in [4.69, 9.17) is 0 Å². The van der Waals surface area contributed by atoms with E-state index in [1.807, 2.05) is 25.1 Å². The van der Waals surface area contributed by atoms with Crippen LogP contribution in [0.5, 0.6) is 0 Å². The van der Waals surface area contributed by atoms with E-state index >= 15 is 0 Å². The van der Waals surface area contributed by atoms with Crippen LogP contribution in [-0.4, -0.2) is 24.8 Å². The highest BCUT2D eigenvalue weighted by molar-refractivity contribution is 9.10. The number of halogens is 1. The minimum Gasteiger partial charge on any atom is -0.257 e. The number of sulfonamides is 1. The molecule has 2 rings (SSSR count). The molecule has 0 saturated heterocycles. The Balaban J connectivity index is 2.23. The lowest BCUT2D eigenvalue weighted by Gasteiger charge is -2.17. The molecular formula is C14H15BrN2O2S. The van der Waals surface area contributed by atoms with Crippen LogP contribution < -0.4 is 0 Å². The van der Waals surface area contributed by atoms with Gasteiger partial charge in [0.25, 0.3) is 0 Å². The first kappa shape index (κ1) is 15.2. The van der Waals surface area contributed by atoms with Gasteiger partial charge in [-0.1, -0.05) is 22.0 Å². The number of aromatic nitrogens is 1. The van der Waals surface area contributed by atoms with Crippen LogP contribution in [0.25, 0.3) is 0 Å². The summed E-state index contributed by atoms with van der Waals surface area (Å²) in [5.74, 6) is 0. The largest absolute Gasteiger partial charge is 0.257 e. The van der Waals surface area contributed by atoms with Crippen molar-refractivity contribution in [2.75, 3.05) is 7.05 Å². The number of aryl methyl sites for hydroxylation is 1. The van der Waals surface area contributed by atoms with Crippen molar-refractivity contribution in [3.8, 4) is 0 Å². The molecule has 1 heterocycles. The van der Waals surface area contributed by atoms with Crippen LogP contribution >= 0.6 is 15.9 Å². The standard InChI is InChI=1S/C14H15BrN2O2S/c1-11-4-3-5-13(16-11)10-17(2)20(18,19)14-8-6-12(15)7-9-14/h3-9H,10H2,1-2H3. The van der Waals surface area contributed by atoms with Crippen LogP contribution in [0.15, 0.2) is 51.8 Å². The molecule has 0 aliphatic heterocycles. The van der Waals surface area contributed by atoms with E-state index in [0.29, 0.717) is 0 Å². The van der Waals surface area contributed by atoms with Gasteiger partial charge in [0.2, 0.25) is 10.0 Å². The summed E-state index contributed by atoms with van der Waals surface area (Å²) in [5, 5.41) is 0. The van der Waals surface area contributed by atoms with Crippen molar-refractivity contribution in [1.82, 2.24) is 9.29 Å². The summed E-state index contributed by atoms with van der Waals surface area (Å²) in [4.78, 5) is 4.59. The SMILES string of the molecule is Cc1cccc(CN(C)S(=O)(=O)c2ccc(Br)cc2)n1. The van der Waals surface area contributed by atoms with Crippen molar-refractivity contribution in [2.24, 2.45) is 0 Å². The van der Waals surface area contributed by atoms with Crippen molar-refractivity contribution in [1.29, 1.82) is 0 Å². The van der Waals surface area contributed by atoms with Crippen molar-refractivity contribution in [3.63, 3.8) is 0 Å². The van der Waals surface area contributed by atoms with Gasteiger partial charge in [-0.15, -0.1) is 0 Å². The first-order valence-corrected chi connectivity index (χ1v) is 8.27. The van der Waals surface area contributed by atoms with Crippen molar-refractivity contribution in [2.45, 2.75) is 18.4 Å². The normalized spacial score (nSPS) is 11.8. The molecule has 0 fully saturated rings. The van der Waals surface area contributed by atoms with Crippen molar-refractivity contribution >= 4 is 26.0 Å². The maximum absolute atomic E-state index is 12.4. The number of nitrogens with zero attached hydrogens (tertiary/aromatic N) is 2.